The Hall–Kier alpha value is -1.15. The Bertz CT molecular complexity index is 424. The Kier molecular flexibility index (Phi) is 5.74. The van der Waals surface area contributed by atoms with Crippen LogP contribution < -0.4 is 0 Å². The van der Waals surface area contributed by atoms with Crippen molar-refractivity contribution < 1.29 is 27.5 Å². The van der Waals surface area contributed by atoms with E-state index in [1.807, 2.05) is 0 Å². The van der Waals surface area contributed by atoms with Crippen molar-refractivity contribution in [1.82, 2.24) is 4.31 Å². The van der Waals surface area contributed by atoms with E-state index in [0.29, 0.717) is 12.8 Å². The predicted octanol–water partition coefficient (Wildman–Crippen LogP) is -0.236. The lowest BCUT2D eigenvalue weighted by Crippen LogP contribution is -2.42. The lowest BCUT2D eigenvalue weighted by atomic mass is 9.99. The van der Waals surface area contributed by atoms with E-state index >= 15 is 0 Å². The lowest BCUT2D eigenvalue weighted by Gasteiger charge is -2.29. The van der Waals surface area contributed by atoms with Crippen LogP contribution in [-0.2, 0) is 29.1 Å². The number of hydrogen-bond donors (Lipinski definition) is 0. The van der Waals surface area contributed by atoms with E-state index in [1.165, 1.54) is 11.4 Å². The molecule has 0 aromatic heterocycles. The van der Waals surface area contributed by atoms with Gasteiger partial charge in [-0.15, -0.1) is 0 Å². The van der Waals surface area contributed by atoms with Gasteiger partial charge in [0.2, 0.25) is 10.0 Å². The highest BCUT2D eigenvalue weighted by Crippen LogP contribution is 2.20. The number of carbonyl (C=O) groups excluding carboxylic acids is 2. The average molecular weight is 293 g/mol. The zero-order chi connectivity index (χ0) is 14.5. The van der Waals surface area contributed by atoms with Gasteiger partial charge in [0.1, 0.15) is 0 Å². The number of esters is 2. The molecule has 0 spiro atoms. The third-order valence-corrected chi connectivity index (χ3v) is 4.74. The van der Waals surface area contributed by atoms with Crippen LogP contribution in [0.5, 0.6) is 0 Å². The third kappa shape index (κ3) is 4.46. The predicted molar refractivity (Wildman–Crippen MR) is 66.7 cm³/mol. The minimum absolute atomic E-state index is 0.152. The summed E-state index contributed by atoms with van der Waals surface area (Å²) >= 11 is 0. The molecule has 1 saturated heterocycles. The Morgan fingerprint density at radius 3 is 2.32 bits per heavy atom. The fraction of sp³-hybridized carbons (Fsp3) is 0.818. The number of hydrogen-bond acceptors (Lipinski definition) is 6. The van der Waals surface area contributed by atoms with Gasteiger partial charge in [-0.2, -0.15) is 0 Å². The van der Waals surface area contributed by atoms with Crippen molar-refractivity contribution in [2.24, 2.45) is 5.92 Å². The summed E-state index contributed by atoms with van der Waals surface area (Å²) in [5, 5.41) is 0. The first-order valence-electron chi connectivity index (χ1n) is 6.12. The molecule has 1 aliphatic heterocycles. The molecule has 7 nitrogen and oxygen atoms in total. The van der Waals surface area contributed by atoms with Crippen LogP contribution in [0.25, 0.3) is 0 Å². The second kappa shape index (κ2) is 6.85. The van der Waals surface area contributed by atoms with Gasteiger partial charge in [-0.05, 0) is 19.8 Å². The summed E-state index contributed by atoms with van der Waals surface area (Å²) in [7, 11) is -2.34. The van der Waals surface area contributed by atoms with E-state index in [0.717, 1.165) is 0 Å². The fourth-order valence-electron chi connectivity index (χ4n) is 1.98. The van der Waals surface area contributed by atoms with E-state index in [1.54, 1.807) is 6.92 Å². The van der Waals surface area contributed by atoms with Gasteiger partial charge in [0.05, 0.1) is 19.6 Å². The Balaban J connectivity index is 2.54. The number of ether oxygens (including phenoxy) is 2. The van der Waals surface area contributed by atoms with Crippen molar-refractivity contribution in [3.63, 3.8) is 0 Å². The Morgan fingerprint density at radius 1 is 1.26 bits per heavy atom. The minimum Gasteiger partial charge on any atom is -0.469 e. The molecule has 0 aromatic carbocycles. The molecular weight excluding hydrogens is 274 g/mol. The van der Waals surface area contributed by atoms with Crippen LogP contribution in [0, 0.1) is 5.92 Å². The summed E-state index contributed by atoms with van der Waals surface area (Å²) < 4.78 is 34.3. The lowest BCUT2D eigenvalue weighted by molar-refractivity contribution is -0.146. The highest BCUT2D eigenvalue weighted by molar-refractivity contribution is 7.89. The number of carbonyl (C=O) groups is 2. The largest absolute Gasteiger partial charge is 0.469 e. The first kappa shape index (κ1) is 15.9. The first-order chi connectivity index (χ1) is 8.90. The standard InChI is InChI=1S/C11H19NO6S/c1-3-18-10(13)8-19(15,16)12-6-4-9(5-7-12)11(14)17-2/h9H,3-8H2,1-2H3. The molecule has 0 radical (unpaired) electrons. The molecule has 0 aliphatic carbocycles. The molecule has 110 valence electrons. The summed E-state index contributed by atoms with van der Waals surface area (Å²) in [6.45, 7) is 2.22. The van der Waals surface area contributed by atoms with E-state index in [-0.39, 0.29) is 31.6 Å². The molecular formula is C11H19NO6S. The monoisotopic (exact) mass is 293 g/mol. The smallest absolute Gasteiger partial charge is 0.322 e. The first-order valence-corrected chi connectivity index (χ1v) is 7.73. The van der Waals surface area contributed by atoms with Crippen LogP contribution in [0.2, 0.25) is 0 Å². The minimum atomic E-state index is -3.65. The summed E-state index contributed by atoms with van der Waals surface area (Å²) in [5.41, 5.74) is 0. The van der Waals surface area contributed by atoms with Gasteiger partial charge in [0.15, 0.2) is 5.75 Å². The van der Waals surface area contributed by atoms with E-state index < -0.39 is 21.7 Å². The molecule has 8 heteroatoms. The molecule has 0 bridgehead atoms. The Morgan fingerprint density at radius 2 is 1.84 bits per heavy atom. The molecule has 0 N–H and O–H groups in total. The number of nitrogens with zero attached hydrogens (tertiary/aromatic N) is 1. The van der Waals surface area contributed by atoms with Gasteiger partial charge >= 0.3 is 11.9 Å². The number of piperidine rings is 1. The molecule has 1 aliphatic rings. The van der Waals surface area contributed by atoms with Crippen LogP contribution in [0.15, 0.2) is 0 Å². The highest BCUT2D eigenvalue weighted by Gasteiger charge is 2.32. The van der Waals surface area contributed by atoms with Crippen molar-refractivity contribution in [2.75, 3.05) is 32.6 Å². The van der Waals surface area contributed by atoms with Gasteiger partial charge in [0.25, 0.3) is 0 Å². The number of sulfonamides is 1. The molecule has 0 atom stereocenters. The second-order valence-electron chi connectivity index (χ2n) is 4.26. The summed E-state index contributed by atoms with van der Waals surface area (Å²) in [6.07, 6.45) is 0.823. The molecule has 1 heterocycles. The van der Waals surface area contributed by atoms with Crippen LogP contribution >= 0.6 is 0 Å². The van der Waals surface area contributed by atoms with Crippen LogP contribution in [0.4, 0.5) is 0 Å². The molecule has 0 unspecified atom stereocenters. The van der Waals surface area contributed by atoms with E-state index in [9.17, 15) is 18.0 Å². The number of methoxy groups -OCH3 is 1. The van der Waals surface area contributed by atoms with E-state index in [4.69, 9.17) is 0 Å². The van der Waals surface area contributed by atoms with Crippen molar-refractivity contribution >= 4 is 22.0 Å². The van der Waals surface area contributed by atoms with Gasteiger partial charge in [-0.3, -0.25) is 9.59 Å². The molecule has 1 fully saturated rings. The van der Waals surface area contributed by atoms with Crippen molar-refractivity contribution in [3.05, 3.63) is 0 Å². The zero-order valence-electron chi connectivity index (χ0n) is 11.1. The topological polar surface area (TPSA) is 90.0 Å². The van der Waals surface area contributed by atoms with E-state index in [2.05, 4.69) is 9.47 Å². The van der Waals surface area contributed by atoms with Gasteiger partial charge in [-0.1, -0.05) is 0 Å². The van der Waals surface area contributed by atoms with Crippen LogP contribution in [0.3, 0.4) is 0 Å². The SMILES string of the molecule is CCOC(=O)CS(=O)(=O)N1CCC(C(=O)OC)CC1. The maximum absolute atomic E-state index is 11.9. The highest BCUT2D eigenvalue weighted by atomic mass is 32.2. The van der Waals surface area contributed by atoms with Crippen molar-refractivity contribution in [1.29, 1.82) is 0 Å². The number of rotatable bonds is 5. The summed E-state index contributed by atoms with van der Waals surface area (Å²) in [6, 6.07) is 0. The summed E-state index contributed by atoms with van der Waals surface area (Å²) in [4.78, 5) is 22.5. The van der Waals surface area contributed by atoms with Gasteiger partial charge in [-0.25, -0.2) is 12.7 Å². The maximum Gasteiger partial charge on any atom is 0.322 e. The summed E-state index contributed by atoms with van der Waals surface area (Å²) in [5.74, 6) is -1.98. The average Bonchev–Trinajstić information content (AvgIpc) is 2.37. The Labute approximate surface area is 112 Å². The van der Waals surface area contributed by atoms with Gasteiger partial charge < -0.3 is 9.47 Å². The fourth-order valence-corrected chi connectivity index (χ4v) is 3.31. The second-order valence-corrected chi connectivity index (χ2v) is 6.23. The maximum atomic E-state index is 11.9. The molecule has 0 amide bonds. The van der Waals surface area contributed by atoms with Gasteiger partial charge in [0, 0.05) is 13.1 Å². The van der Waals surface area contributed by atoms with Crippen LogP contribution in [0.1, 0.15) is 19.8 Å². The van der Waals surface area contributed by atoms with Crippen LogP contribution in [-0.4, -0.2) is 57.2 Å². The third-order valence-electron chi connectivity index (χ3n) is 2.99. The molecule has 1 rings (SSSR count). The molecule has 0 aromatic rings. The van der Waals surface area contributed by atoms with Crippen molar-refractivity contribution in [3.8, 4) is 0 Å². The van der Waals surface area contributed by atoms with Crippen molar-refractivity contribution in [2.45, 2.75) is 19.8 Å². The quantitative estimate of drug-likeness (QED) is 0.650. The zero-order valence-corrected chi connectivity index (χ0v) is 11.9. The normalized spacial score (nSPS) is 18.0. The molecule has 0 saturated carbocycles. The molecule has 19 heavy (non-hydrogen) atoms.